The standard InChI is InChI=1S/C14H24N2/c1-4-8-12(3)14(16-10-5-2)13-9-6-7-11-15-13/h6-7,9,11-12,14,16H,4-5,8,10H2,1-3H3. The average Bonchev–Trinajstić information content (AvgIpc) is 2.31. The van der Waals surface area contributed by atoms with E-state index in [1.807, 2.05) is 12.3 Å². The van der Waals surface area contributed by atoms with Crippen LogP contribution < -0.4 is 5.32 Å². The maximum absolute atomic E-state index is 4.47. The molecule has 0 bridgehead atoms. The molecule has 2 nitrogen and oxygen atoms in total. The number of hydrogen-bond acceptors (Lipinski definition) is 2. The number of nitrogens with one attached hydrogen (secondary N) is 1. The van der Waals surface area contributed by atoms with Gasteiger partial charge in [-0.2, -0.15) is 0 Å². The van der Waals surface area contributed by atoms with Gasteiger partial charge in [0.05, 0.1) is 11.7 Å². The zero-order valence-corrected chi connectivity index (χ0v) is 10.7. The van der Waals surface area contributed by atoms with Gasteiger partial charge in [0.2, 0.25) is 0 Å². The minimum Gasteiger partial charge on any atom is -0.308 e. The van der Waals surface area contributed by atoms with E-state index in [0.717, 1.165) is 6.54 Å². The summed E-state index contributed by atoms with van der Waals surface area (Å²) < 4.78 is 0. The van der Waals surface area contributed by atoms with Crippen LogP contribution in [0.4, 0.5) is 0 Å². The third kappa shape index (κ3) is 3.93. The molecule has 1 heterocycles. The van der Waals surface area contributed by atoms with Crippen LogP contribution in [0.5, 0.6) is 0 Å². The highest BCUT2D eigenvalue weighted by Gasteiger charge is 2.18. The molecular weight excluding hydrogens is 196 g/mol. The fourth-order valence-electron chi connectivity index (χ4n) is 2.08. The van der Waals surface area contributed by atoms with Crippen LogP contribution in [0, 0.1) is 5.92 Å². The van der Waals surface area contributed by atoms with Crippen molar-refractivity contribution in [1.82, 2.24) is 10.3 Å². The zero-order valence-electron chi connectivity index (χ0n) is 10.7. The van der Waals surface area contributed by atoms with E-state index in [1.54, 1.807) is 0 Å². The molecule has 0 aliphatic heterocycles. The summed E-state index contributed by atoms with van der Waals surface area (Å²) in [5, 5.41) is 3.61. The molecule has 1 aromatic heterocycles. The first-order chi connectivity index (χ1) is 7.79. The van der Waals surface area contributed by atoms with E-state index in [2.05, 4.69) is 43.2 Å². The molecule has 2 heteroatoms. The average molecular weight is 220 g/mol. The first kappa shape index (κ1) is 13.2. The fourth-order valence-corrected chi connectivity index (χ4v) is 2.08. The molecule has 0 aliphatic rings. The van der Waals surface area contributed by atoms with Crippen LogP contribution in [0.15, 0.2) is 24.4 Å². The van der Waals surface area contributed by atoms with Crippen LogP contribution in [0.25, 0.3) is 0 Å². The largest absolute Gasteiger partial charge is 0.308 e. The molecule has 1 rings (SSSR count). The van der Waals surface area contributed by atoms with Crippen molar-refractivity contribution in [2.75, 3.05) is 6.54 Å². The Balaban J connectivity index is 2.70. The van der Waals surface area contributed by atoms with Gasteiger partial charge in [0, 0.05) is 6.20 Å². The van der Waals surface area contributed by atoms with Crippen molar-refractivity contribution in [3.63, 3.8) is 0 Å². The molecule has 0 radical (unpaired) electrons. The molecule has 2 unspecified atom stereocenters. The van der Waals surface area contributed by atoms with Crippen molar-refractivity contribution < 1.29 is 0 Å². The number of nitrogens with zero attached hydrogens (tertiary/aromatic N) is 1. The summed E-state index contributed by atoms with van der Waals surface area (Å²) >= 11 is 0. The third-order valence-corrected chi connectivity index (χ3v) is 2.93. The lowest BCUT2D eigenvalue weighted by Crippen LogP contribution is -2.28. The summed E-state index contributed by atoms with van der Waals surface area (Å²) in [7, 11) is 0. The molecule has 0 amide bonds. The number of pyridine rings is 1. The Bertz CT molecular complexity index is 271. The second kappa shape index (κ2) is 7.39. The fraction of sp³-hybridized carbons (Fsp3) is 0.643. The lowest BCUT2D eigenvalue weighted by molar-refractivity contribution is 0.357. The van der Waals surface area contributed by atoms with Gasteiger partial charge in [0.25, 0.3) is 0 Å². The Labute approximate surface area is 99.5 Å². The van der Waals surface area contributed by atoms with E-state index in [1.165, 1.54) is 25.0 Å². The second-order valence-electron chi connectivity index (χ2n) is 4.45. The topological polar surface area (TPSA) is 24.9 Å². The van der Waals surface area contributed by atoms with Gasteiger partial charge in [-0.1, -0.05) is 33.3 Å². The Morgan fingerprint density at radius 1 is 1.25 bits per heavy atom. The molecule has 1 N–H and O–H groups in total. The van der Waals surface area contributed by atoms with Gasteiger partial charge in [-0.3, -0.25) is 4.98 Å². The predicted octanol–water partition coefficient (Wildman–Crippen LogP) is 3.56. The van der Waals surface area contributed by atoms with E-state index in [4.69, 9.17) is 0 Å². The zero-order chi connectivity index (χ0) is 11.8. The van der Waals surface area contributed by atoms with Gasteiger partial charge in [-0.05, 0) is 37.4 Å². The van der Waals surface area contributed by atoms with Crippen LogP contribution in [0.1, 0.15) is 51.8 Å². The third-order valence-electron chi connectivity index (χ3n) is 2.93. The summed E-state index contributed by atoms with van der Waals surface area (Å²) in [6.45, 7) is 7.82. The van der Waals surface area contributed by atoms with Gasteiger partial charge < -0.3 is 5.32 Å². The Morgan fingerprint density at radius 3 is 2.62 bits per heavy atom. The summed E-state index contributed by atoms with van der Waals surface area (Å²) in [5.41, 5.74) is 1.18. The maximum atomic E-state index is 4.47. The Hall–Kier alpha value is -0.890. The quantitative estimate of drug-likeness (QED) is 0.760. The predicted molar refractivity (Wildman–Crippen MR) is 69.3 cm³/mol. The molecule has 0 aliphatic carbocycles. The summed E-state index contributed by atoms with van der Waals surface area (Å²) in [6.07, 6.45) is 5.53. The molecule has 2 atom stereocenters. The lowest BCUT2D eigenvalue weighted by atomic mass is 9.94. The number of hydrogen-bond donors (Lipinski definition) is 1. The highest BCUT2D eigenvalue weighted by atomic mass is 14.9. The maximum Gasteiger partial charge on any atom is 0.0575 e. The Kier molecular flexibility index (Phi) is 6.09. The molecule has 0 aromatic carbocycles. The van der Waals surface area contributed by atoms with E-state index in [-0.39, 0.29) is 0 Å². The van der Waals surface area contributed by atoms with Crippen molar-refractivity contribution in [2.45, 2.75) is 46.1 Å². The first-order valence-electron chi connectivity index (χ1n) is 6.43. The minimum atomic E-state index is 0.404. The van der Waals surface area contributed by atoms with Gasteiger partial charge >= 0.3 is 0 Å². The smallest absolute Gasteiger partial charge is 0.0575 e. The van der Waals surface area contributed by atoms with Crippen LogP contribution in [-0.2, 0) is 0 Å². The van der Waals surface area contributed by atoms with E-state index in [9.17, 15) is 0 Å². The SMILES string of the molecule is CCCNC(c1ccccn1)C(C)CCC. The molecule has 1 aromatic rings. The molecule has 90 valence electrons. The molecule has 0 saturated heterocycles. The van der Waals surface area contributed by atoms with Crippen molar-refractivity contribution in [3.05, 3.63) is 30.1 Å². The normalized spacial score (nSPS) is 14.7. The van der Waals surface area contributed by atoms with E-state index in [0.29, 0.717) is 12.0 Å². The van der Waals surface area contributed by atoms with E-state index >= 15 is 0 Å². The number of aromatic nitrogens is 1. The van der Waals surface area contributed by atoms with Gasteiger partial charge in [-0.15, -0.1) is 0 Å². The van der Waals surface area contributed by atoms with Crippen LogP contribution >= 0.6 is 0 Å². The minimum absolute atomic E-state index is 0.404. The van der Waals surface area contributed by atoms with E-state index < -0.39 is 0 Å². The summed E-state index contributed by atoms with van der Waals surface area (Å²) in [4.78, 5) is 4.47. The highest BCUT2D eigenvalue weighted by Crippen LogP contribution is 2.23. The monoisotopic (exact) mass is 220 g/mol. The van der Waals surface area contributed by atoms with Gasteiger partial charge in [0.1, 0.15) is 0 Å². The molecule has 16 heavy (non-hydrogen) atoms. The molecular formula is C14H24N2. The Morgan fingerprint density at radius 2 is 2.06 bits per heavy atom. The number of rotatable bonds is 7. The summed E-state index contributed by atoms with van der Waals surface area (Å²) in [5.74, 6) is 0.645. The lowest BCUT2D eigenvalue weighted by Gasteiger charge is -2.24. The van der Waals surface area contributed by atoms with Gasteiger partial charge in [-0.25, -0.2) is 0 Å². The van der Waals surface area contributed by atoms with Crippen LogP contribution in [0.3, 0.4) is 0 Å². The molecule has 0 spiro atoms. The highest BCUT2D eigenvalue weighted by molar-refractivity contribution is 5.09. The van der Waals surface area contributed by atoms with Crippen LogP contribution in [-0.4, -0.2) is 11.5 Å². The van der Waals surface area contributed by atoms with Crippen molar-refractivity contribution in [1.29, 1.82) is 0 Å². The van der Waals surface area contributed by atoms with Crippen molar-refractivity contribution in [2.24, 2.45) is 5.92 Å². The van der Waals surface area contributed by atoms with Crippen LogP contribution in [0.2, 0.25) is 0 Å². The molecule has 0 saturated carbocycles. The van der Waals surface area contributed by atoms with Crippen molar-refractivity contribution >= 4 is 0 Å². The van der Waals surface area contributed by atoms with Crippen molar-refractivity contribution in [3.8, 4) is 0 Å². The second-order valence-corrected chi connectivity index (χ2v) is 4.45. The summed E-state index contributed by atoms with van der Waals surface area (Å²) in [6, 6.07) is 6.58. The van der Waals surface area contributed by atoms with Gasteiger partial charge in [0.15, 0.2) is 0 Å². The molecule has 0 fully saturated rings. The first-order valence-corrected chi connectivity index (χ1v) is 6.43.